The van der Waals surface area contributed by atoms with E-state index in [0.29, 0.717) is 25.4 Å². The largest absolute Gasteiger partial charge is 0.381 e. The Labute approximate surface area is 127 Å². The fourth-order valence-corrected chi connectivity index (χ4v) is 4.47. The number of amides is 1. The maximum absolute atomic E-state index is 12.7. The molecule has 0 aromatic rings. The maximum Gasteiger partial charge on any atom is 0.226 e. The molecule has 4 nitrogen and oxygen atoms in total. The molecule has 1 spiro atoms. The lowest BCUT2D eigenvalue weighted by Gasteiger charge is -2.54. The third-order valence-corrected chi connectivity index (χ3v) is 6.14. The highest BCUT2D eigenvalue weighted by Gasteiger charge is 2.57. The Morgan fingerprint density at radius 1 is 1.24 bits per heavy atom. The van der Waals surface area contributed by atoms with Crippen LogP contribution in [-0.4, -0.2) is 37.9 Å². The smallest absolute Gasteiger partial charge is 0.226 e. The van der Waals surface area contributed by atoms with Crippen LogP contribution >= 0.6 is 0 Å². The van der Waals surface area contributed by atoms with E-state index >= 15 is 0 Å². The molecule has 0 aromatic heterocycles. The highest BCUT2D eigenvalue weighted by molar-refractivity contribution is 5.82. The van der Waals surface area contributed by atoms with E-state index in [1.807, 2.05) is 0 Å². The summed E-state index contributed by atoms with van der Waals surface area (Å²) in [6.07, 6.45) is 8.01. The number of rotatable bonds is 4. The molecule has 0 bridgehead atoms. The zero-order valence-electron chi connectivity index (χ0n) is 13.5. The van der Waals surface area contributed by atoms with Crippen LogP contribution in [0.25, 0.3) is 0 Å². The van der Waals surface area contributed by atoms with Gasteiger partial charge in [-0.25, -0.2) is 0 Å². The van der Waals surface area contributed by atoms with E-state index < -0.39 is 0 Å². The van der Waals surface area contributed by atoms with Crippen molar-refractivity contribution in [3.05, 3.63) is 0 Å². The minimum atomic E-state index is -0.241. The number of hydrogen-bond donors (Lipinski definition) is 1. The minimum absolute atomic E-state index is 0.229. The standard InChI is InChI=1S/C17H29NO3/c1-3-21-14-12-13(17(14)6-4-5-7-17)18-15(19)16(2)8-10-20-11-9-16/h13-14H,3-12H2,1-2H3,(H,18,19)/t13-,14-/m1/s1. The van der Waals surface area contributed by atoms with E-state index in [-0.39, 0.29) is 16.7 Å². The van der Waals surface area contributed by atoms with Gasteiger partial charge in [-0.3, -0.25) is 4.79 Å². The van der Waals surface area contributed by atoms with Crippen molar-refractivity contribution in [2.24, 2.45) is 10.8 Å². The van der Waals surface area contributed by atoms with Crippen molar-refractivity contribution < 1.29 is 14.3 Å². The fourth-order valence-electron chi connectivity index (χ4n) is 4.47. The monoisotopic (exact) mass is 295 g/mol. The van der Waals surface area contributed by atoms with Gasteiger partial charge >= 0.3 is 0 Å². The van der Waals surface area contributed by atoms with Gasteiger partial charge in [0.05, 0.1) is 11.5 Å². The van der Waals surface area contributed by atoms with Gasteiger partial charge in [0.15, 0.2) is 0 Å². The summed E-state index contributed by atoms with van der Waals surface area (Å²) in [6.45, 7) is 6.35. The molecule has 3 rings (SSSR count). The average molecular weight is 295 g/mol. The molecule has 21 heavy (non-hydrogen) atoms. The van der Waals surface area contributed by atoms with E-state index in [1.54, 1.807) is 0 Å². The summed E-state index contributed by atoms with van der Waals surface area (Å²) in [7, 11) is 0. The van der Waals surface area contributed by atoms with Crippen LogP contribution in [0.2, 0.25) is 0 Å². The van der Waals surface area contributed by atoms with E-state index in [9.17, 15) is 4.79 Å². The van der Waals surface area contributed by atoms with Crippen LogP contribution in [0.1, 0.15) is 58.8 Å². The van der Waals surface area contributed by atoms with E-state index in [0.717, 1.165) is 25.9 Å². The second-order valence-electron chi connectivity index (χ2n) is 7.32. The second kappa shape index (κ2) is 5.88. The molecule has 1 saturated heterocycles. The molecule has 4 heteroatoms. The summed E-state index contributed by atoms with van der Waals surface area (Å²) in [5.74, 6) is 0.233. The molecule has 120 valence electrons. The normalized spacial score (nSPS) is 33.6. The molecule has 3 aliphatic rings. The van der Waals surface area contributed by atoms with Crippen LogP contribution in [0.3, 0.4) is 0 Å². The van der Waals surface area contributed by atoms with Crippen molar-refractivity contribution in [2.45, 2.75) is 70.9 Å². The fraction of sp³-hybridized carbons (Fsp3) is 0.941. The van der Waals surface area contributed by atoms with Crippen molar-refractivity contribution in [2.75, 3.05) is 19.8 Å². The van der Waals surface area contributed by atoms with Gasteiger partial charge in [0, 0.05) is 31.3 Å². The van der Waals surface area contributed by atoms with E-state index in [4.69, 9.17) is 9.47 Å². The molecule has 2 saturated carbocycles. The van der Waals surface area contributed by atoms with Crippen LogP contribution in [0.5, 0.6) is 0 Å². The Hall–Kier alpha value is -0.610. The van der Waals surface area contributed by atoms with Crippen LogP contribution in [0, 0.1) is 10.8 Å². The summed E-state index contributed by atoms with van der Waals surface area (Å²) < 4.78 is 11.3. The van der Waals surface area contributed by atoms with Gasteiger partial charge in [-0.05, 0) is 39.0 Å². The molecule has 1 amide bonds. The van der Waals surface area contributed by atoms with Crippen LogP contribution in [0.4, 0.5) is 0 Å². The quantitative estimate of drug-likeness (QED) is 0.867. The van der Waals surface area contributed by atoms with Gasteiger partial charge in [0.25, 0.3) is 0 Å². The van der Waals surface area contributed by atoms with Gasteiger partial charge in [0.1, 0.15) is 0 Å². The number of nitrogens with one attached hydrogen (secondary N) is 1. The second-order valence-corrected chi connectivity index (χ2v) is 7.32. The van der Waals surface area contributed by atoms with Crippen LogP contribution in [-0.2, 0) is 14.3 Å². The summed E-state index contributed by atoms with van der Waals surface area (Å²) in [5, 5.41) is 3.37. The number of ether oxygens (including phenoxy) is 2. The molecular formula is C17H29NO3. The molecule has 3 fully saturated rings. The lowest BCUT2D eigenvalue weighted by Crippen LogP contribution is -2.65. The molecule has 2 aliphatic carbocycles. The lowest BCUT2D eigenvalue weighted by molar-refractivity contribution is -0.153. The Kier molecular flexibility index (Phi) is 4.28. The molecule has 0 radical (unpaired) electrons. The highest BCUT2D eigenvalue weighted by atomic mass is 16.5. The molecule has 1 heterocycles. The third kappa shape index (κ3) is 2.61. The first-order chi connectivity index (χ1) is 10.1. The van der Waals surface area contributed by atoms with Crippen molar-refractivity contribution in [3.63, 3.8) is 0 Å². The van der Waals surface area contributed by atoms with Crippen molar-refractivity contribution in [3.8, 4) is 0 Å². The first kappa shape index (κ1) is 15.3. The molecule has 0 unspecified atom stereocenters. The zero-order valence-corrected chi connectivity index (χ0v) is 13.5. The van der Waals surface area contributed by atoms with E-state index in [2.05, 4.69) is 19.2 Å². The molecule has 1 aliphatic heterocycles. The van der Waals surface area contributed by atoms with Crippen molar-refractivity contribution in [1.82, 2.24) is 5.32 Å². The first-order valence-corrected chi connectivity index (χ1v) is 8.61. The molecule has 2 atom stereocenters. The van der Waals surface area contributed by atoms with Gasteiger partial charge in [-0.15, -0.1) is 0 Å². The first-order valence-electron chi connectivity index (χ1n) is 8.61. The SMILES string of the molecule is CCO[C@@H]1C[C@@H](NC(=O)C2(C)CCOCC2)C12CCCC2. The number of carbonyl (C=O) groups is 1. The number of hydrogen-bond acceptors (Lipinski definition) is 3. The minimum Gasteiger partial charge on any atom is -0.381 e. The summed E-state index contributed by atoms with van der Waals surface area (Å²) in [5.41, 5.74) is -0.0120. The summed E-state index contributed by atoms with van der Waals surface area (Å²) in [6, 6.07) is 0.323. The highest BCUT2D eigenvalue weighted by Crippen LogP contribution is 2.55. The Morgan fingerprint density at radius 3 is 2.52 bits per heavy atom. The van der Waals surface area contributed by atoms with Gasteiger partial charge in [-0.2, -0.15) is 0 Å². The lowest BCUT2D eigenvalue weighted by atomic mass is 9.60. The topological polar surface area (TPSA) is 47.6 Å². The summed E-state index contributed by atoms with van der Waals surface area (Å²) in [4.78, 5) is 12.7. The predicted molar refractivity (Wildman–Crippen MR) is 81.0 cm³/mol. The molecular weight excluding hydrogens is 266 g/mol. The van der Waals surface area contributed by atoms with Crippen molar-refractivity contribution >= 4 is 5.91 Å². The Morgan fingerprint density at radius 2 is 1.90 bits per heavy atom. The van der Waals surface area contributed by atoms with Crippen LogP contribution < -0.4 is 5.32 Å². The zero-order chi connectivity index (χ0) is 14.9. The van der Waals surface area contributed by atoms with Gasteiger partial charge < -0.3 is 14.8 Å². The molecule has 0 aromatic carbocycles. The number of carbonyl (C=O) groups excluding carboxylic acids is 1. The molecule has 1 N–H and O–H groups in total. The summed E-state index contributed by atoms with van der Waals surface area (Å²) >= 11 is 0. The van der Waals surface area contributed by atoms with Crippen LogP contribution in [0.15, 0.2) is 0 Å². The Bertz CT molecular complexity index is 383. The average Bonchev–Trinajstić information content (AvgIpc) is 2.99. The third-order valence-electron chi connectivity index (χ3n) is 6.14. The predicted octanol–water partition coefficient (Wildman–Crippen LogP) is 2.66. The maximum atomic E-state index is 12.7. The van der Waals surface area contributed by atoms with Gasteiger partial charge in [-0.1, -0.05) is 19.8 Å². The Balaban J connectivity index is 1.63. The van der Waals surface area contributed by atoms with Gasteiger partial charge in [0.2, 0.25) is 5.91 Å². The van der Waals surface area contributed by atoms with Crippen molar-refractivity contribution in [1.29, 1.82) is 0 Å². The van der Waals surface area contributed by atoms with E-state index in [1.165, 1.54) is 25.7 Å².